The number of rotatable bonds is 2. The standard InChI is InChI=1S/C12H16O2S/c13-9-5-1-3-7-11(9)15-12-8-4-2-6-10(12)14/h1,3,5,7,10,12-14H,2,4,6,8H2/t10-,12-/m1/s1. The molecule has 3 heteroatoms. The Hall–Kier alpha value is -0.670. The van der Waals surface area contributed by atoms with Crippen molar-refractivity contribution < 1.29 is 10.2 Å². The van der Waals surface area contributed by atoms with E-state index in [0.717, 1.165) is 24.2 Å². The monoisotopic (exact) mass is 224 g/mol. The lowest BCUT2D eigenvalue weighted by molar-refractivity contribution is 0.137. The summed E-state index contributed by atoms with van der Waals surface area (Å²) in [6.07, 6.45) is 4.02. The molecule has 1 fully saturated rings. The van der Waals surface area contributed by atoms with E-state index in [-0.39, 0.29) is 11.4 Å². The molecule has 0 aromatic heterocycles. The molecule has 2 nitrogen and oxygen atoms in total. The first-order chi connectivity index (χ1) is 7.27. The van der Waals surface area contributed by atoms with Gasteiger partial charge in [0.25, 0.3) is 0 Å². The molecule has 1 aromatic carbocycles. The number of phenolic OH excluding ortho intramolecular Hbond substituents is 1. The van der Waals surface area contributed by atoms with Gasteiger partial charge in [0.15, 0.2) is 0 Å². The fourth-order valence-electron chi connectivity index (χ4n) is 1.93. The predicted molar refractivity (Wildman–Crippen MR) is 62.2 cm³/mol. The minimum absolute atomic E-state index is 0.219. The zero-order chi connectivity index (χ0) is 10.7. The minimum atomic E-state index is -0.219. The summed E-state index contributed by atoms with van der Waals surface area (Å²) >= 11 is 1.60. The van der Waals surface area contributed by atoms with Crippen LogP contribution in [0, 0.1) is 0 Å². The minimum Gasteiger partial charge on any atom is -0.507 e. The molecular formula is C12H16O2S. The van der Waals surface area contributed by atoms with E-state index >= 15 is 0 Å². The highest BCUT2D eigenvalue weighted by Gasteiger charge is 2.24. The average Bonchev–Trinajstić information content (AvgIpc) is 2.24. The molecule has 2 atom stereocenters. The maximum absolute atomic E-state index is 9.82. The van der Waals surface area contributed by atoms with Gasteiger partial charge in [0.2, 0.25) is 0 Å². The second kappa shape index (κ2) is 4.90. The Bertz CT molecular complexity index is 327. The Morgan fingerprint density at radius 2 is 1.87 bits per heavy atom. The first-order valence-electron chi connectivity index (χ1n) is 5.40. The number of aliphatic hydroxyl groups excluding tert-OH is 1. The van der Waals surface area contributed by atoms with Gasteiger partial charge in [-0.3, -0.25) is 0 Å². The summed E-state index contributed by atoms with van der Waals surface area (Å²) in [5, 5.41) is 19.7. The highest BCUT2D eigenvalue weighted by Crippen LogP contribution is 2.37. The quantitative estimate of drug-likeness (QED) is 0.811. The number of benzene rings is 1. The molecule has 1 saturated carbocycles. The Balaban J connectivity index is 2.04. The number of para-hydroxylation sites is 1. The molecule has 1 aliphatic rings. The maximum Gasteiger partial charge on any atom is 0.129 e. The van der Waals surface area contributed by atoms with Crippen LogP contribution in [0.25, 0.3) is 0 Å². The van der Waals surface area contributed by atoms with Gasteiger partial charge in [-0.15, -0.1) is 11.8 Å². The molecule has 0 amide bonds. The van der Waals surface area contributed by atoms with Crippen LogP contribution >= 0.6 is 11.8 Å². The van der Waals surface area contributed by atoms with Crippen molar-refractivity contribution in [3.8, 4) is 5.75 Å². The van der Waals surface area contributed by atoms with Crippen LogP contribution in [0.4, 0.5) is 0 Å². The van der Waals surface area contributed by atoms with Gasteiger partial charge in [0.05, 0.1) is 6.10 Å². The van der Waals surface area contributed by atoms with Crippen molar-refractivity contribution in [1.82, 2.24) is 0 Å². The highest BCUT2D eigenvalue weighted by molar-refractivity contribution is 8.00. The second-order valence-electron chi connectivity index (χ2n) is 3.98. The summed E-state index contributed by atoms with van der Waals surface area (Å²) in [6, 6.07) is 7.33. The van der Waals surface area contributed by atoms with Crippen LogP contribution in [0.1, 0.15) is 25.7 Å². The largest absolute Gasteiger partial charge is 0.507 e. The highest BCUT2D eigenvalue weighted by atomic mass is 32.2. The molecule has 82 valence electrons. The van der Waals surface area contributed by atoms with Crippen molar-refractivity contribution in [2.75, 3.05) is 0 Å². The van der Waals surface area contributed by atoms with Crippen molar-refractivity contribution in [2.45, 2.75) is 41.9 Å². The third-order valence-corrected chi connectivity index (χ3v) is 4.26. The van der Waals surface area contributed by atoms with Crippen LogP contribution in [0.5, 0.6) is 5.75 Å². The van der Waals surface area contributed by atoms with Crippen LogP contribution < -0.4 is 0 Å². The molecule has 2 N–H and O–H groups in total. The normalized spacial score (nSPS) is 26.5. The second-order valence-corrected chi connectivity index (χ2v) is 5.26. The lowest BCUT2D eigenvalue weighted by Gasteiger charge is -2.27. The predicted octanol–water partition coefficient (Wildman–Crippen LogP) is 2.79. The van der Waals surface area contributed by atoms with Gasteiger partial charge in [-0.1, -0.05) is 25.0 Å². The van der Waals surface area contributed by atoms with Gasteiger partial charge >= 0.3 is 0 Å². The number of aliphatic hydroxyl groups is 1. The SMILES string of the molecule is Oc1ccccc1S[C@@H]1CCCC[C@H]1O. The van der Waals surface area contributed by atoms with Crippen molar-refractivity contribution in [1.29, 1.82) is 0 Å². The molecule has 1 aliphatic carbocycles. The smallest absolute Gasteiger partial charge is 0.129 e. The van der Waals surface area contributed by atoms with Crippen molar-refractivity contribution in [2.24, 2.45) is 0 Å². The summed E-state index contributed by atoms with van der Waals surface area (Å²) in [6.45, 7) is 0. The fraction of sp³-hybridized carbons (Fsp3) is 0.500. The van der Waals surface area contributed by atoms with E-state index in [0.29, 0.717) is 5.75 Å². The topological polar surface area (TPSA) is 40.5 Å². The van der Waals surface area contributed by atoms with Gasteiger partial charge in [-0.2, -0.15) is 0 Å². The molecule has 0 bridgehead atoms. The van der Waals surface area contributed by atoms with E-state index in [9.17, 15) is 10.2 Å². The van der Waals surface area contributed by atoms with Gasteiger partial charge in [0.1, 0.15) is 5.75 Å². The Kier molecular flexibility index (Phi) is 3.54. The summed E-state index contributed by atoms with van der Waals surface area (Å²) in [7, 11) is 0. The Morgan fingerprint density at radius 1 is 1.13 bits per heavy atom. The van der Waals surface area contributed by atoms with E-state index in [1.54, 1.807) is 17.8 Å². The van der Waals surface area contributed by atoms with Gasteiger partial charge < -0.3 is 10.2 Å². The first kappa shape index (κ1) is 10.8. The van der Waals surface area contributed by atoms with Gasteiger partial charge in [-0.25, -0.2) is 0 Å². The van der Waals surface area contributed by atoms with E-state index in [2.05, 4.69) is 0 Å². The molecule has 0 unspecified atom stereocenters. The van der Waals surface area contributed by atoms with Crippen LogP contribution in [0.2, 0.25) is 0 Å². The van der Waals surface area contributed by atoms with E-state index < -0.39 is 0 Å². The van der Waals surface area contributed by atoms with Crippen LogP contribution in [0.3, 0.4) is 0 Å². The zero-order valence-corrected chi connectivity index (χ0v) is 9.41. The number of phenols is 1. The summed E-state index contributed by atoms with van der Waals surface area (Å²) in [4.78, 5) is 0.878. The molecule has 0 aliphatic heterocycles. The number of aromatic hydroxyl groups is 1. The van der Waals surface area contributed by atoms with E-state index in [4.69, 9.17) is 0 Å². The Morgan fingerprint density at radius 3 is 2.60 bits per heavy atom. The van der Waals surface area contributed by atoms with Crippen LogP contribution in [-0.2, 0) is 0 Å². The maximum atomic E-state index is 9.82. The number of hydrogen-bond acceptors (Lipinski definition) is 3. The first-order valence-corrected chi connectivity index (χ1v) is 6.28. The average molecular weight is 224 g/mol. The molecule has 0 saturated heterocycles. The molecule has 0 radical (unpaired) electrons. The lowest BCUT2D eigenvalue weighted by atomic mass is 9.97. The van der Waals surface area contributed by atoms with Gasteiger partial charge in [-0.05, 0) is 25.0 Å². The molecule has 0 heterocycles. The van der Waals surface area contributed by atoms with Crippen molar-refractivity contribution in [3.05, 3.63) is 24.3 Å². The van der Waals surface area contributed by atoms with Crippen LogP contribution in [-0.4, -0.2) is 21.6 Å². The third kappa shape index (κ3) is 2.67. The van der Waals surface area contributed by atoms with Gasteiger partial charge in [0, 0.05) is 10.1 Å². The zero-order valence-electron chi connectivity index (χ0n) is 8.60. The molecule has 15 heavy (non-hydrogen) atoms. The summed E-state index contributed by atoms with van der Waals surface area (Å²) < 4.78 is 0. The fourth-order valence-corrected chi connectivity index (χ4v) is 3.18. The third-order valence-electron chi connectivity index (χ3n) is 2.81. The summed E-state index contributed by atoms with van der Waals surface area (Å²) in [5.41, 5.74) is 0. The van der Waals surface area contributed by atoms with Crippen molar-refractivity contribution >= 4 is 11.8 Å². The van der Waals surface area contributed by atoms with E-state index in [1.807, 2.05) is 18.2 Å². The van der Waals surface area contributed by atoms with Crippen LogP contribution in [0.15, 0.2) is 29.2 Å². The molecule has 2 rings (SSSR count). The Labute approximate surface area is 94.3 Å². The molecule has 1 aromatic rings. The molecular weight excluding hydrogens is 208 g/mol. The lowest BCUT2D eigenvalue weighted by Crippen LogP contribution is -2.26. The summed E-state index contributed by atoms with van der Waals surface area (Å²) in [5.74, 6) is 0.320. The number of hydrogen-bond donors (Lipinski definition) is 2. The number of thioether (sulfide) groups is 1. The van der Waals surface area contributed by atoms with Crippen molar-refractivity contribution in [3.63, 3.8) is 0 Å². The molecule has 0 spiro atoms. The van der Waals surface area contributed by atoms with E-state index in [1.165, 1.54) is 6.42 Å².